The van der Waals surface area contributed by atoms with Crippen molar-refractivity contribution in [2.75, 3.05) is 11.9 Å². The molecule has 0 aliphatic rings. The van der Waals surface area contributed by atoms with Crippen LogP contribution in [0.3, 0.4) is 0 Å². The van der Waals surface area contributed by atoms with Gasteiger partial charge in [0.15, 0.2) is 6.61 Å². The van der Waals surface area contributed by atoms with Gasteiger partial charge in [-0.1, -0.05) is 31.2 Å². The molecule has 0 saturated carbocycles. The summed E-state index contributed by atoms with van der Waals surface area (Å²) in [5.41, 5.74) is 2.30. The molecule has 0 unspecified atom stereocenters. The van der Waals surface area contributed by atoms with Crippen molar-refractivity contribution >= 4 is 40.2 Å². The summed E-state index contributed by atoms with van der Waals surface area (Å²) in [5.74, 6) is -0.852. The summed E-state index contributed by atoms with van der Waals surface area (Å²) >= 11 is 2.06. The van der Waals surface area contributed by atoms with Gasteiger partial charge in [0.1, 0.15) is 0 Å². The van der Waals surface area contributed by atoms with E-state index in [0.717, 1.165) is 15.6 Å². The fourth-order valence-electron chi connectivity index (χ4n) is 1.90. The second kappa shape index (κ2) is 7.93. The predicted molar refractivity (Wildman–Crippen MR) is 93.9 cm³/mol. The van der Waals surface area contributed by atoms with Gasteiger partial charge < -0.3 is 10.1 Å². The van der Waals surface area contributed by atoms with Crippen LogP contribution in [-0.2, 0) is 16.0 Å². The number of halogens is 1. The molecule has 0 spiro atoms. The smallest absolute Gasteiger partial charge is 0.339 e. The highest BCUT2D eigenvalue weighted by molar-refractivity contribution is 14.1. The molecule has 2 rings (SSSR count). The number of nitrogens with one attached hydrogen (secondary N) is 1. The van der Waals surface area contributed by atoms with E-state index in [1.54, 1.807) is 18.2 Å². The largest absolute Gasteiger partial charge is 0.452 e. The molecular weight excluding hydrogens is 393 g/mol. The first-order chi connectivity index (χ1) is 10.6. The average molecular weight is 409 g/mol. The molecule has 0 atom stereocenters. The van der Waals surface area contributed by atoms with Crippen LogP contribution in [0.25, 0.3) is 0 Å². The van der Waals surface area contributed by atoms with Crippen molar-refractivity contribution in [1.29, 1.82) is 0 Å². The standard InChI is InChI=1S/C17H16INO3/c1-2-12-6-5-7-13(10-12)19-16(20)11-22-17(21)14-8-3-4-9-15(14)18/h3-10H,2,11H2,1H3,(H,19,20). The zero-order valence-electron chi connectivity index (χ0n) is 12.1. The third kappa shape index (κ3) is 4.56. The second-order valence-electron chi connectivity index (χ2n) is 4.66. The van der Waals surface area contributed by atoms with Crippen molar-refractivity contribution in [3.8, 4) is 0 Å². The Bertz CT molecular complexity index is 685. The number of amides is 1. The maximum absolute atomic E-state index is 11.9. The molecule has 4 nitrogen and oxygen atoms in total. The summed E-state index contributed by atoms with van der Waals surface area (Å²) in [7, 11) is 0. The lowest BCUT2D eigenvalue weighted by Gasteiger charge is -2.08. The number of carbonyl (C=O) groups is 2. The van der Waals surface area contributed by atoms with E-state index in [-0.39, 0.29) is 12.5 Å². The number of aryl methyl sites for hydroxylation is 1. The Morgan fingerprint density at radius 3 is 2.64 bits per heavy atom. The highest BCUT2D eigenvalue weighted by atomic mass is 127. The van der Waals surface area contributed by atoms with E-state index in [1.165, 1.54) is 0 Å². The quantitative estimate of drug-likeness (QED) is 0.606. The molecule has 2 aromatic carbocycles. The normalized spacial score (nSPS) is 10.1. The number of esters is 1. The van der Waals surface area contributed by atoms with Gasteiger partial charge in [-0.25, -0.2) is 4.79 Å². The van der Waals surface area contributed by atoms with Gasteiger partial charge in [-0.05, 0) is 58.8 Å². The first-order valence-corrected chi connectivity index (χ1v) is 7.98. The molecule has 0 aliphatic carbocycles. The van der Waals surface area contributed by atoms with Crippen molar-refractivity contribution in [3.63, 3.8) is 0 Å². The lowest BCUT2D eigenvalue weighted by atomic mass is 10.1. The second-order valence-corrected chi connectivity index (χ2v) is 5.82. The van der Waals surface area contributed by atoms with Crippen LogP contribution in [0.15, 0.2) is 48.5 Å². The average Bonchev–Trinajstić information content (AvgIpc) is 2.53. The highest BCUT2D eigenvalue weighted by Gasteiger charge is 2.12. The summed E-state index contributed by atoms with van der Waals surface area (Å²) < 4.78 is 5.84. The molecule has 114 valence electrons. The molecule has 0 radical (unpaired) electrons. The van der Waals surface area contributed by atoms with Crippen molar-refractivity contribution in [1.82, 2.24) is 0 Å². The molecule has 0 aliphatic heterocycles. The monoisotopic (exact) mass is 409 g/mol. The van der Waals surface area contributed by atoms with Gasteiger partial charge in [0.25, 0.3) is 5.91 Å². The van der Waals surface area contributed by atoms with Gasteiger partial charge in [0.05, 0.1) is 5.56 Å². The molecule has 0 heterocycles. The first-order valence-electron chi connectivity index (χ1n) is 6.90. The Morgan fingerprint density at radius 1 is 1.14 bits per heavy atom. The van der Waals surface area contributed by atoms with E-state index in [9.17, 15) is 9.59 Å². The van der Waals surface area contributed by atoms with Gasteiger partial charge >= 0.3 is 5.97 Å². The third-order valence-electron chi connectivity index (χ3n) is 3.05. The fraction of sp³-hybridized carbons (Fsp3) is 0.176. The van der Waals surface area contributed by atoms with Crippen LogP contribution < -0.4 is 5.32 Å². The van der Waals surface area contributed by atoms with E-state index in [4.69, 9.17) is 4.74 Å². The van der Waals surface area contributed by atoms with Crippen LogP contribution in [0.5, 0.6) is 0 Å². The Kier molecular flexibility index (Phi) is 5.94. The number of benzene rings is 2. The molecular formula is C17H16INO3. The van der Waals surface area contributed by atoms with Crippen LogP contribution in [-0.4, -0.2) is 18.5 Å². The number of carbonyl (C=O) groups excluding carboxylic acids is 2. The maximum Gasteiger partial charge on any atom is 0.339 e. The van der Waals surface area contributed by atoms with Crippen LogP contribution in [0, 0.1) is 3.57 Å². The van der Waals surface area contributed by atoms with Crippen LogP contribution in [0.4, 0.5) is 5.69 Å². The van der Waals surface area contributed by atoms with Gasteiger partial charge in [-0.2, -0.15) is 0 Å². The minimum Gasteiger partial charge on any atom is -0.452 e. The van der Waals surface area contributed by atoms with Gasteiger partial charge in [-0.3, -0.25) is 4.79 Å². The zero-order chi connectivity index (χ0) is 15.9. The van der Waals surface area contributed by atoms with Crippen molar-refractivity contribution < 1.29 is 14.3 Å². The van der Waals surface area contributed by atoms with Crippen LogP contribution >= 0.6 is 22.6 Å². The molecule has 0 fully saturated rings. The van der Waals surface area contributed by atoms with E-state index >= 15 is 0 Å². The molecule has 5 heteroatoms. The molecule has 1 N–H and O–H groups in total. The summed E-state index contributed by atoms with van der Waals surface area (Å²) in [5, 5.41) is 2.72. The Hall–Kier alpha value is -1.89. The number of anilines is 1. The molecule has 0 saturated heterocycles. The Labute approximate surface area is 143 Å². The minimum atomic E-state index is -0.498. The predicted octanol–water partition coefficient (Wildman–Crippen LogP) is 3.65. The minimum absolute atomic E-state index is 0.305. The van der Waals surface area contributed by atoms with E-state index in [2.05, 4.69) is 27.9 Å². The van der Waals surface area contributed by atoms with E-state index in [0.29, 0.717) is 11.3 Å². The van der Waals surface area contributed by atoms with Crippen molar-refractivity contribution in [3.05, 3.63) is 63.2 Å². The van der Waals surface area contributed by atoms with Crippen molar-refractivity contribution in [2.45, 2.75) is 13.3 Å². The summed E-state index contributed by atoms with van der Waals surface area (Å²) in [6.45, 7) is 1.74. The first kappa shape index (κ1) is 16.5. The highest BCUT2D eigenvalue weighted by Crippen LogP contribution is 2.13. The molecule has 2 aromatic rings. The number of ether oxygens (including phenoxy) is 1. The van der Waals surface area contributed by atoms with E-state index in [1.807, 2.05) is 37.3 Å². The third-order valence-corrected chi connectivity index (χ3v) is 3.99. The molecule has 0 bridgehead atoms. The fourth-order valence-corrected chi connectivity index (χ4v) is 2.51. The molecule has 1 amide bonds. The number of rotatable bonds is 5. The molecule has 0 aromatic heterocycles. The molecule has 22 heavy (non-hydrogen) atoms. The Morgan fingerprint density at radius 2 is 1.91 bits per heavy atom. The SMILES string of the molecule is CCc1cccc(NC(=O)COC(=O)c2ccccc2I)c1. The van der Waals surface area contributed by atoms with Crippen LogP contribution in [0.2, 0.25) is 0 Å². The van der Waals surface area contributed by atoms with Crippen molar-refractivity contribution in [2.24, 2.45) is 0 Å². The Balaban J connectivity index is 1.90. The van der Waals surface area contributed by atoms with Gasteiger partial charge in [0.2, 0.25) is 0 Å². The zero-order valence-corrected chi connectivity index (χ0v) is 14.3. The lowest BCUT2D eigenvalue weighted by molar-refractivity contribution is -0.119. The van der Waals surface area contributed by atoms with Gasteiger partial charge in [-0.15, -0.1) is 0 Å². The lowest BCUT2D eigenvalue weighted by Crippen LogP contribution is -2.21. The number of hydrogen-bond donors (Lipinski definition) is 1. The number of hydrogen-bond acceptors (Lipinski definition) is 3. The maximum atomic E-state index is 11.9. The van der Waals surface area contributed by atoms with Gasteiger partial charge in [0, 0.05) is 9.26 Å². The summed E-state index contributed by atoms with van der Waals surface area (Å²) in [6.07, 6.45) is 0.894. The summed E-state index contributed by atoms with van der Waals surface area (Å²) in [4.78, 5) is 23.8. The van der Waals surface area contributed by atoms with E-state index < -0.39 is 5.97 Å². The summed E-state index contributed by atoms with van der Waals surface area (Å²) in [6, 6.07) is 14.7. The van der Waals surface area contributed by atoms with Crippen LogP contribution in [0.1, 0.15) is 22.8 Å². The topological polar surface area (TPSA) is 55.4 Å².